The van der Waals surface area contributed by atoms with Crippen molar-refractivity contribution >= 4 is 64.7 Å². The number of hydrogen-bond donors (Lipinski definition) is 17. The van der Waals surface area contributed by atoms with Gasteiger partial charge in [0.05, 0.1) is 37.1 Å². The van der Waals surface area contributed by atoms with Crippen LogP contribution in [0.5, 0.6) is 0 Å². The van der Waals surface area contributed by atoms with E-state index in [0.29, 0.717) is 19.4 Å². The smallest absolute Gasteiger partial charge is 0.338 e. The number of esters is 2. The highest BCUT2D eigenvalue weighted by molar-refractivity contribution is 8.01. The third-order valence-corrected chi connectivity index (χ3v) is 14.0. The van der Waals surface area contributed by atoms with E-state index in [1.807, 2.05) is 0 Å². The second-order valence-electron chi connectivity index (χ2n) is 15.3. The van der Waals surface area contributed by atoms with Crippen molar-refractivity contribution in [2.75, 3.05) is 50.2 Å². The van der Waals surface area contributed by atoms with Crippen LogP contribution in [0.2, 0.25) is 0 Å². The fraction of sp³-hybridized carbons (Fsp3) is 0.861. The number of aliphatic imine (C=N–C) groups is 1. The summed E-state index contributed by atoms with van der Waals surface area (Å²) in [6.45, 7) is -1.72. The number of amidine groups is 3. The Balaban J connectivity index is 1.77. The normalized spacial score (nSPS) is 34.5. The fourth-order valence-electron chi connectivity index (χ4n) is 6.64. The zero-order valence-electron chi connectivity index (χ0n) is 34.9. The van der Waals surface area contributed by atoms with Crippen molar-refractivity contribution in [1.82, 2.24) is 4.90 Å². The molecule has 3 aliphatic rings. The number of thioether (sulfide) groups is 3. The molecule has 0 aliphatic carbocycles. The molecule has 0 bridgehead atoms. The first kappa shape index (κ1) is 56.4. The van der Waals surface area contributed by atoms with Crippen LogP contribution < -0.4 is 17.2 Å². The summed E-state index contributed by atoms with van der Waals surface area (Å²) in [5.41, 5.74) is 14.0. The van der Waals surface area contributed by atoms with E-state index in [4.69, 9.17) is 47.0 Å². The Morgan fingerprint density at radius 3 is 1.42 bits per heavy atom. The van der Waals surface area contributed by atoms with Crippen molar-refractivity contribution < 1.29 is 89.8 Å². The SMILES string of the molecule is N=C(CS[C@H]1O[C@H](CO)[C@@H](O)[C@H](O)[C@@H]1O)N(CCCC[C@H](N=C(N)CS[C@H]1O[C@H](CO)[C@@H](O)[C@H](O)[C@@H]1O)C(=O)OC(=O)[C@@H](N)CCCCN)C(=N)CS[C@H]1O[C@H](CO)[C@@H](O)[C@H](O)[C@@H]1O. The molecule has 0 aromatic carbocycles. The molecule has 0 aromatic rings. The van der Waals surface area contributed by atoms with Crippen LogP contribution in [0, 0.1) is 10.8 Å². The summed E-state index contributed by atoms with van der Waals surface area (Å²) in [5, 5.41) is 139. The zero-order valence-corrected chi connectivity index (χ0v) is 37.3. The number of unbranched alkanes of at least 4 members (excludes halogenated alkanes) is 2. The maximum atomic E-state index is 13.4. The highest BCUT2D eigenvalue weighted by Gasteiger charge is 2.46. The number of hydrogen-bond acceptors (Lipinski definition) is 26. The molecule has 3 saturated heterocycles. The number of nitrogens with two attached hydrogens (primary N) is 3. The molecule has 0 radical (unpaired) electrons. The Morgan fingerprint density at radius 2 is 1.02 bits per heavy atom. The van der Waals surface area contributed by atoms with Crippen LogP contribution >= 0.6 is 35.3 Å². The van der Waals surface area contributed by atoms with Crippen molar-refractivity contribution in [3.05, 3.63) is 0 Å². The van der Waals surface area contributed by atoms with Crippen molar-refractivity contribution in [3.8, 4) is 0 Å². The Hall–Kier alpha value is -1.88. The average molecular weight is 980 g/mol. The molecule has 0 saturated carbocycles. The number of nitrogens with one attached hydrogen (secondary N) is 2. The number of aliphatic hydroxyl groups excluding tert-OH is 12. The van der Waals surface area contributed by atoms with Gasteiger partial charge >= 0.3 is 11.9 Å². The van der Waals surface area contributed by atoms with E-state index in [2.05, 4.69) is 4.99 Å². The van der Waals surface area contributed by atoms with Gasteiger partial charge in [0.25, 0.3) is 0 Å². The highest BCUT2D eigenvalue weighted by Crippen LogP contribution is 2.32. The van der Waals surface area contributed by atoms with Gasteiger partial charge in [-0.05, 0) is 38.6 Å². The van der Waals surface area contributed by atoms with Gasteiger partial charge in [0.2, 0.25) is 0 Å². The largest absolute Gasteiger partial charge is 0.394 e. The minimum atomic E-state index is -1.67. The van der Waals surface area contributed by atoms with Crippen LogP contribution in [0.25, 0.3) is 0 Å². The Morgan fingerprint density at radius 1 is 0.609 bits per heavy atom. The van der Waals surface area contributed by atoms with E-state index < -0.39 is 133 Å². The van der Waals surface area contributed by atoms with Gasteiger partial charge in [-0.3, -0.25) is 15.8 Å². The lowest BCUT2D eigenvalue weighted by atomic mass is 10.0. The first-order valence-corrected chi connectivity index (χ1v) is 23.7. The number of carbonyl (C=O) groups is 2. The van der Waals surface area contributed by atoms with Crippen LogP contribution in [-0.2, 0) is 28.5 Å². The lowest BCUT2D eigenvalue weighted by molar-refractivity contribution is -0.205. The van der Waals surface area contributed by atoms with Crippen molar-refractivity contribution in [1.29, 1.82) is 10.8 Å². The number of rotatable bonds is 24. The van der Waals surface area contributed by atoms with Gasteiger partial charge < -0.3 is 102 Å². The van der Waals surface area contributed by atoms with Gasteiger partial charge in [-0.25, -0.2) is 9.59 Å². The maximum Gasteiger partial charge on any atom is 0.338 e. The lowest BCUT2D eigenvalue weighted by Gasteiger charge is -2.40. The summed E-state index contributed by atoms with van der Waals surface area (Å²) in [6.07, 6.45) is -16.8. The summed E-state index contributed by atoms with van der Waals surface area (Å²) in [6, 6.07) is -2.54. The summed E-state index contributed by atoms with van der Waals surface area (Å²) in [7, 11) is 0. The zero-order chi connectivity index (χ0) is 47.8. The van der Waals surface area contributed by atoms with E-state index >= 15 is 0 Å². The van der Waals surface area contributed by atoms with E-state index in [9.17, 15) is 70.9 Å². The van der Waals surface area contributed by atoms with Gasteiger partial charge in [0, 0.05) is 6.54 Å². The minimum Gasteiger partial charge on any atom is -0.394 e. The van der Waals surface area contributed by atoms with Gasteiger partial charge in [0.1, 0.15) is 119 Å². The van der Waals surface area contributed by atoms with Crippen LogP contribution in [0.1, 0.15) is 38.5 Å². The molecular weight excluding hydrogens is 915 g/mol. The molecule has 28 heteroatoms. The van der Waals surface area contributed by atoms with Crippen molar-refractivity contribution in [3.63, 3.8) is 0 Å². The molecule has 3 heterocycles. The standard InChI is InChI=1S/C36H65N7O18S3/c37-7-3-1-5-15(38)32(56)61-33(57)16(42-20(39)12-62-34-29(53)26(50)23(47)17(9-44)58-34)6-2-4-8-43(21(40)13-63-35-30(54)27(51)24(48)18(10-45)59-35)22(41)14-64-36-31(55)28(52)25(49)19(11-46)60-36/h15-19,23-31,34-36,40-41,44-55H,1-14,37-38H2,(H2,39,42)/t15-,16-,17+,18+,19+,23+,24+,25+,26-,27-,28-,29-,30-,31-,34+,35+,36+/m0/s1. The molecule has 3 aliphatic heterocycles. The average Bonchev–Trinajstić information content (AvgIpc) is 3.27. The van der Waals surface area contributed by atoms with Gasteiger partial charge in [-0.15, -0.1) is 35.3 Å². The number of aliphatic hydroxyl groups is 12. The molecule has 64 heavy (non-hydrogen) atoms. The number of ether oxygens (including phenoxy) is 4. The Bertz CT molecular complexity index is 1460. The summed E-state index contributed by atoms with van der Waals surface area (Å²) in [5.74, 6) is -3.42. The molecule has 25 nitrogen and oxygen atoms in total. The van der Waals surface area contributed by atoms with Crippen LogP contribution in [-0.4, -0.2) is 247 Å². The summed E-state index contributed by atoms with van der Waals surface area (Å²) < 4.78 is 21.6. The molecule has 0 spiro atoms. The van der Waals surface area contributed by atoms with Crippen LogP contribution in [0.3, 0.4) is 0 Å². The summed E-state index contributed by atoms with van der Waals surface area (Å²) >= 11 is 2.52. The third kappa shape index (κ3) is 15.9. The van der Waals surface area contributed by atoms with Crippen molar-refractivity contribution in [2.24, 2.45) is 22.2 Å². The molecule has 0 amide bonds. The maximum absolute atomic E-state index is 13.4. The molecule has 3 rings (SSSR count). The topological polar surface area (TPSA) is 455 Å². The molecule has 0 aromatic heterocycles. The van der Waals surface area contributed by atoms with E-state index in [1.54, 1.807) is 0 Å². The van der Waals surface area contributed by atoms with Crippen molar-refractivity contribution in [2.45, 2.75) is 140 Å². The molecule has 0 unspecified atom stereocenters. The van der Waals surface area contributed by atoms with Crippen LogP contribution in [0.4, 0.5) is 0 Å². The fourth-order valence-corrected chi connectivity index (χ4v) is 9.75. The summed E-state index contributed by atoms with van der Waals surface area (Å²) in [4.78, 5) is 31.7. The Kier molecular flexibility index (Phi) is 24.5. The quantitative estimate of drug-likeness (QED) is 0.0141. The van der Waals surface area contributed by atoms with Crippen LogP contribution in [0.15, 0.2) is 4.99 Å². The van der Waals surface area contributed by atoms with Gasteiger partial charge in [-0.1, -0.05) is 6.42 Å². The molecule has 20 N–H and O–H groups in total. The van der Waals surface area contributed by atoms with E-state index in [1.165, 1.54) is 4.90 Å². The number of nitrogens with zero attached hydrogens (tertiary/aromatic N) is 2. The first-order valence-electron chi connectivity index (χ1n) is 20.5. The molecule has 3 fully saturated rings. The first-order chi connectivity index (χ1) is 30.3. The monoisotopic (exact) mass is 979 g/mol. The van der Waals surface area contributed by atoms with Gasteiger partial charge in [-0.2, -0.15) is 0 Å². The minimum absolute atomic E-state index is 0.0684. The predicted molar refractivity (Wildman–Crippen MR) is 232 cm³/mol. The third-order valence-electron chi connectivity index (χ3n) is 10.5. The molecule has 17 atom stereocenters. The lowest BCUT2D eigenvalue weighted by Crippen LogP contribution is -2.58. The highest BCUT2D eigenvalue weighted by atomic mass is 32.2. The molecule has 370 valence electrons. The van der Waals surface area contributed by atoms with Gasteiger partial charge in [0.15, 0.2) is 0 Å². The number of carbonyl (C=O) groups excluding carboxylic acids is 2. The Labute approximate surface area is 381 Å². The van der Waals surface area contributed by atoms with E-state index in [0.717, 1.165) is 35.3 Å². The predicted octanol–water partition coefficient (Wildman–Crippen LogP) is -6.74. The second-order valence-corrected chi connectivity index (χ2v) is 18.6. The van der Waals surface area contributed by atoms with E-state index in [-0.39, 0.29) is 67.0 Å². The second kappa shape index (κ2) is 27.8. The molecular formula is C36H65N7O18S3.